The fourth-order valence-electron chi connectivity index (χ4n) is 4.27. The summed E-state index contributed by atoms with van der Waals surface area (Å²) in [7, 11) is -3.84. The average Bonchev–Trinajstić information content (AvgIpc) is 3.16. The number of nitrogens with two attached hydrogens (primary N) is 1. The van der Waals surface area contributed by atoms with Gasteiger partial charge < -0.3 is 15.7 Å². The van der Waals surface area contributed by atoms with Crippen molar-refractivity contribution in [2.45, 2.75) is 44.0 Å². The van der Waals surface area contributed by atoms with Crippen molar-refractivity contribution < 1.29 is 18.3 Å². The first-order valence-electron chi connectivity index (χ1n) is 10.7. The number of hydrogen-bond donors (Lipinski definition) is 4. The van der Waals surface area contributed by atoms with Crippen LogP contribution in [0.4, 0.5) is 16.4 Å². The van der Waals surface area contributed by atoms with E-state index >= 15 is 0 Å². The summed E-state index contributed by atoms with van der Waals surface area (Å²) >= 11 is 0. The molecule has 1 aromatic carbocycles. The van der Waals surface area contributed by atoms with E-state index < -0.39 is 16.1 Å². The number of amides is 1. The summed E-state index contributed by atoms with van der Waals surface area (Å²) in [4.78, 5) is 19.6. The van der Waals surface area contributed by atoms with E-state index in [2.05, 4.69) is 25.7 Å². The van der Waals surface area contributed by atoms with Crippen LogP contribution < -0.4 is 15.8 Å². The Morgan fingerprint density at radius 1 is 1.21 bits per heavy atom. The predicted molar refractivity (Wildman–Crippen MR) is 123 cm³/mol. The van der Waals surface area contributed by atoms with Crippen molar-refractivity contribution in [1.29, 1.82) is 0 Å². The predicted octanol–water partition coefficient (Wildman–Crippen LogP) is 2.60. The minimum atomic E-state index is -3.84. The normalized spacial score (nSPS) is 18.8. The number of hydrogen-bond acceptors (Lipinski definition) is 7. The van der Waals surface area contributed by atoms with Gasteiger partial charge in [-0.15, -0.1) is 0 Å². The molecule has 0 aliphatic heterocycles. The standard InChI is InChI=1S/C21H27N7O4S/c1-13-2-7-17(8-18(13)33(22,31)32)26-20-23-10-16-11-25-28(19(16)27-20)12-15-5-3-14(4-6-15)9-24-21(29)30/h2,7-8,10-11,14-15,24H,3-6,9,12H2,1H3,(H,29,30)(H2,22,31,32)(H,23,26,27). The molecule has 0 bridgehead atoms. The van der Waals surface area contributed by atoms with Gasteiger partial charge >= 0.3 is 6.09 Å². The van der Waals surface area contributed by atoms with E-state index in [9.17, 15) is 13.2 Å². The van der Waals surface area contributed by atoms with Gasteiger partial charge in [0.1, 0.15) is 0 Å². The Hall–Kier alpha value is -3.25. The fourth-order valence-corrected chi connectivity index (χ4v) is 5.08. The largest absolute Gasteiger partial charge is 0.465 e. The maximum Gasteiger partial charge on any atom is 0.404 e. The molecule has 0 radical (unpaired) electrons. The lowest BCUT2D eigenvalue weighted by Gasteiger charge is -2.28. The third-order valence-corrected chi connectivity index (χ3v) is 7.12. The third kappa shape index (κ3) is 5.57. The number of fused-ring (bicyclic) bond motifs is 1. The van der Waals surface area contributed by atoms with Crippen LogP contribution in [0.2, 0.25) is 0 Å². The highest BCUT2D eigenvalue weighted by Gasteiger charge is 2.23. The zero-order valence-corrected chi connectivity index (χ0v) is 19.0. The van der Waals surface area contributed by atoms with Crippen LogP contribution in [0.1, 0.15) is 31.2 Å². The van der Waals surface area contributed by atoms with Crippen LogP contribution in [0.3, 0.4) is 0 Å². The van der Waals surface area contributed by atoms with Crippen molar-refractivity contribution in [1.82, 2.24) is 25.1 Å². The van der Waals surface area contributed by atoms with E-state index in [0.717, 1.165) is 37.6 Å². The average molecular weight is 474 g/mol. The van der Waals surface area contributed by atoms with Gasteiger partial charge in [0.05, 0.1) is 16.5 Å². The molecule has 176 valence electrons. The molecule has 12 heteroatoms. The number of nitrogens with one attached hydrogen (secondary N) is 2. The molecule has 33 heavy (non-hydrogen) atoms. The van der Waals surface area contributed by atoms with E-state index in [4.69, 9.17) is 10.2 Å². The van der Waals surface area contributed by atoms with Crippen molar-refractivity contribution in [2.24, 2.45) is 17.0 Å². The summed E-state index contributed by atoms with van der Waals surface area (Å²) in [6, 6.07) is 4.88. The molecule has 4 rings (SSSR count). The molecule has 0 unspecified atom stereocenters. The van der Waals surface area contributed by atoms with Crippen LogP contribution in [0, 0.1) is 18.8 Å². The second-order valence-corrected chi connectivity index (χ2v) is 10.1. The maximum absolute atomic E-state index is 11.8. The highest BCUT2D eigenvalue weighted by molar-refractivity contribution is 7.89. The number of sulfonamides is 1. The molecule has 2 heterocycles. The number of anilines is 2. The van der Waals surface area contributed by atoms with Gasteiger partial charge in [-0.05, 0) is 62.1 Å². The van der Waals surface area contributed by atoms with Crippen molar-refractivity contribution in [3.63, 3.8) is 0 Å². The number of aryl methyl sites for hydroxylation is 1. The Morgan fingerprint density at radius 3 is 2.64 bits per heavy atom. The molecular weight excluding hydrogens is 446 g/mol. The van der Waals surface area contributed by atoms with Crippen molar-refractivity contribution in [3.05, 3.63) is 36.2 Å². The number of carbonyl (C=O) groups is 1. The molecular formula is C21H27N7O4S. The van der Waals surface area contributed by atoms with E-state index in [1.807, 2.05) is 4.68 Å². The maximum atomic E-state index is 11.8. The van der Waals surface area contributed by atoms with E-state index in [-0.39, 0.29) is 4.90 Å². The molecule has 11 nitrogen and oxygen atoms in total. The minimum Gasteiger partial charge on any atom is -0.465 e. The number of aromatic nitrogens is 4. The molecule has 0 atom stereocenters. The quantitative estimate of drug-likeness (QED) is 0.406. The van der Waals surface area contributed by atoms with Crippen molar-refractivity contribution in [3.8, 4) is 0 Å². The number of benzene rings is 1. The molecule has 1 saturated carbocycles. The second-order valence-electron chi connectivity index (χ2n) is 8.52. The van der Waals surface area contributed by atoms with Gasteiger partial charge in [0, 0.05) is 25.0 Å². The zero-order chi connectivity index (χ0) is 23.6. The van der Waals surface area contributed by atoms with Crippen LogP contribution in [-0.4, -0.2) is 45.9 Å². The van der Waals surface area contributed by atoms with Gasteiger partial charge in [0.15, 0.2) is 5.65 Å². The highest BCUT2D eigenvalue weighted by atomic mass is 32.2. The van der Waals surface area contributed by atoms with Gasteiger partial charge in [-0.1, -0.05) is 6.07 Å². The lowest BCUT2D eigenvalue weighted by Crippen LogP contribution is -2.30. The molecule has 0 saturated heterocycles. The molecule has 1 amide bonds. The van der Waals surface area contributed by atoms with Crippen LogP contribution >= 0.6 is 0 Å². The second kappa shape index (κ2) is 9.32. The summed E-state index contributed by atoms with van der Waals surface area (Å²) in [5.74, 6) is 1.15. The summed E-state index contributed by atoms with van der Waals surface area (Å²) in [6.07, 6.45) is 6.39. The van der Waals surface area contributed by atoms with Crippen molar-refractivity contribution in [2.75, 3.05) is 11.9 Å². The number of carboxylic acid groups (broad SMARTS) is 1. The Labute approximate surface area is 191 Å². The molecule has 1 aliphatic rings. The zero-order valence-electron chi connectivity index (χ0n) is 18.2. The van der Waals surface area contributed by atoms with Gasteiger partial charge in [-0.2, -0.15) is 10.1 Å². The van der Waals surface area contributed by atoms with Crippen LogP contribution in [0.15, 0.2) is 35.5 Å². The number of rotatable bonds is 7. The fraction of sp³-hybridized carbons (Fsp3) is 0.429. The molecule has 1 aliphatic carbocycles. The number of nitrogens with zero attached hydrogens (tertiary/aromatic N) is 4. The molecule has 2 aromatic heterocycles. The summed E-state index contributed by atoms with van der Waals surface area (Å²) in [5.41, 5.74) is 1.77. The van der Waals surface area contributed by atoms with Crippen LogP contribution in [0.5, 0.6) is 0 Å². The van der Waals surface area contributed by atoms with E-state index in [0.29, 0.717) is 41.2 Å². The molecule has 3 aromatic rings. The van der Waals surface area contributed by atoms with Crippen LogP contribution in [0.25, 0.3) is 11.0 Å². The first-order chi connectivity index (χ1) is 15.7. The third-order valence-electron chi connectivity index (χ3n) is 6.07. The number of primary sulfonamides is 1. The summed E-state index contributed by atoms with van der Waals surface area (Å²) in [6.45, 7) is 2.90. The lowest BCUT2D eigenvalue weighted by atomic mass is 9.82. The van der Waals surface area contributed by atoms with Crippen LogP contribution in [-0.2, 0) is 16.6 Å². The SMILES string of the molecule is Cc1ccc(Nc2ncc3cnn(CC4CCC(CNC(=O)O)CC4)c3n2)cc1S(N)(=O)=O. The van der Waals surface area contributed by atoms with Gasteiger partial charge in [-0.3, -0.25) is 0 Å². The first kappa shape index (κ1) is 22.9. The Balaban J connectivity index is 1.46. The summed E-state index contributed by atoms with van der Waals surface area (Å²) in [5, 5.41) is 24.9. The lowest BCUT2D eigenvalue weighted by molar-refractivity contribution is 0.186. The Bertz CT molecular complexity index is 1270. The smallest absolute Gasteiger partial charge is 0.404 e. The van der Waals surface area contributed by atoms with Gasteiger partial charge in [-0.25, -0.2) is 28.0 Å². The Morgan fingerprint density at radius 2 is 1.94 bits per heavy atom. The summed E-state index contributed by atoms with van der Waals surface area (Å²) < 4.78 is 25.5. The van der Waals surface area contributed by atoms with Crippen molar-refractivity contribution >= 4 is 38.8 Å². The van der Waals surface area contributed by atoms with Gasteiger partial charge in [0.2, 0.25) is 16.0 Å². The molecule has 5 N–H and O–H groups in total. The highest BCUT2D eigenvalue weighted by Crippen LogP contribution is 2.30. The topological polar surface area (TPSA) is 165 Å². The first-order valence-corrected chi connectivity index (χ1v) is 12.3. The minimum absolute atomic E-state index is 0.0489. The monoisotopic (exact) mass is 473 g/mol. The molecule has 0 spiro atoms. The molecule has 1 fully saturated rings. The van der Waals surface area contributed by atoms with E-state index in [1.165, 1.54) is 6.07 Å². The van der Waals surface area contributed by atoms with Gasteiger partial charge in [0.25, 0.3) is 0 Å². The van der Waals surface area contributed by atoms with E-state index in [1.54, 1.807) is 31.5 Å². The Kier molecular flexibility index (Phi) is 6.47.